The molecule has 0 aromatic rings. The Morgan fingerprint density at radius 1 is 1.25 bits per heavy atom. The molecule has 0 aromatic carbocycles. The van der Waals surface area contributed by atoms with Crippen LogP contribution in [0.5, 0.6) is 0 Å². The van der Waals surface area contributed by atoms with Crippen molar-refractivity contribution in [2.24, 2.45) is 11.8 Å². The molecule has 0 radical (unpaired) electrons. The van der Waals surface area contributed by atoms with Gasteiger partial charge in [-0.3, -0.25) is 0 Å². The fourth-order valence-electron chi connectivity index (χ4n) is 2.74. The monoisotopic (exact) mass is 231 g/mol. The van der Waals surface area contributed by atoms with Gasteiger partial charge in [-0.25, -0.2) is 0 Å². The lowest BCUT2D eigenvalue weighted by Gasteiger charge is -2.49. The minimum Gasteiger partial charge on any atom is -0.303 e. The van der Waals surface area contributed by atoms with Crippen molar-refractivity contribution in [1.82, 2.24) is 4.90 Å². The molecule has 0 aromatic heterocycles. The minimum atomic E-state index is 0.344. The van der Waals surface area contributed by atoms with E-state index >= 15 is 0 Å². The van der Waals surface area contributed by atoms with Gasteiger partial charge in [0.1, 0.15) is 0 Å². The van der Waals surface area contributed by atoms with Gasteiger partial charge in [0.15, 0.2) is 0 Å². The van der Waals surface area contributed by atoms with Crippen LogP contribution in [0.4, 0.5) is 0 Å². The maximum Gasteiger partial charge on any atom is 0.0244 e. The highest BCUT2D eigenvalue weighted by Gasteiger charge is 2.40. The van der Waals surface area contributed by atoms with Gasteiger partial charge in [-0.2, -0.15) is 0 Å². The van der Waals surface area contributed by atoms with E-state index in [0.717, 1.165) is 11.8 Å². The average Bonchev–Trinajstić information content (AvgIpc) is 2.05. The van der Waals surface area contributed by atoms with E-state index in [4.69, 9.17) is 0 Å². The summed E-state index contributed by atoms with van der Waals surface area (Å²) in [5.41, 5.74) is 0. The maximum atomic E-state index is 3.82. The summed E-state index contributed by atoms with van der Waals surface area (Å²) in [6.07, 6.45) is 2.86. The van der Waals surface area contributed by atoms with Crippen LogP contribution in [0, 0.1) is 11.8 Å². The second-order valence-corrected chi connectivity index (χ2v) is 6.85. The lowest BCUT2D eigenvalue weighted by Crippen LogP contribution is -2.52. The Morgan fingerprint density at radius 2 is 1.83 bits per heavy atom. The minimum absolute atomic E-state index is 0.344. The van der Waals surface area contributed by atoms with Gasteiger partial charge in [-0.1, -0.05) is 15.9 Å². The highest BCUT2D eigenvalue weighted by molar-refractivity contribution is 9.10. The van der Waals surface area contributed by atoms with Gasteiger partial charge in [0, 0.05) is 10.9 Å². The molecule has 2 bridgehead atoms. The summed E-state index contributed by atoms with van der Waals surface area (Å²) >= 11 is 3.82. The van der Waals surface area contributed by atoms with Crippen LogP contribution in [0.1, 0.15) is 26.7 Å². The van der Waals surface area contributed by atoms with Gasteiger partial charge in [0.05, 0.1) is 0 Å². The molecule has 0 saturated carbocycles. The first kappa shape index (κ1) is 9.01. The van der Waals surface area contributed by atoms with Crippen molar-refractivity contribution in [3.8, 4) is 0 Å². The molecule has 3 rings (SSSR count). The van der Waals surface area contributed by atoms with E-state index in [1.807, 2.05) is 0 Å². The smallest absolute Gasteiger partial charge is 0.0244 e. The molecule has 0 spiro atoms. The molecule has 70 valence electrons. The van der Waals surface area contributed by atoms with Crippen LogP contribution in [0.25, 0.3) is 0 Å². The van der Waals surface area contributed by atoms with E-state index in [1.54, 1.807) is 0 Å². The summed E-state index contributed by atoms with van der Waals surface area (Å²) in [6, 6.07) is 0. The van der Waals surface area contributed by atoms with Crippen LogP contribution in [0.15, 0.2) is 0 Å². The molecule has 3 heterocycles. The molecule has 0 N–H and O–H groups in total. The zero-order chi connectivity index (χ0) is 8.77. The predicted molar refractivity (Wildman–Crippen MR) is 55.7 cm³/mol. The summed E-state index contributed by atoms with van der Waals surface area (Å²) < 4.78 is 0.344. The molecule has 0 aliphatic carbocycles. The van der Waals surface area contributed by atoms with E-state index in [1.165, 1.54) is 32.5 Å². The van der Waals surface area contributed by atoms with Crippen LogP contribution in [-0.2, 0) is 0 Å². The van der Waals surface area contributed by atoms with Gasteiger partial charge < -0.3 is 4.90 Å². The number of hydrogen-bond acceptors (Lipinski definition) is 1. The van der Waals surface area contributed by atoms with Gasteiger partial charge >= 0.3 is 0 Å². The van der Waals surface area contributed by atoms with Crippen LogP contribution < -0.4 is 0 Å². The molecule has 3 aliphatic heterocycles. The Morgan fingerprint density at radius 3 is 2.08 bits per heavy atom. The zero-order valence-electron chi connectivity index (χ0n) is 8.02. The van der Waals surface area contributed by atoms with Crippen molar-refractivity contribution >= 4 is 15.9 Å². The molecule has 1 atom stereocenters. The van der Waals surface area contributed by atoms with E-state index in [0.29, 0.717) is 4.32 Å². The molecular formula is C10H18BrN. The molecule has 2 heteroatoms. The van der Waals surface area contributed by atoms with Crippen molar-refractivity contribution in [3.05, 3.63) is 0 Å². The SMILES string of the molecule is CC(C)(Br)C1CN2CCC1CC2. The lowest BCUT2D eigenvalue weighted by molar-refractivity contribution is 0.0377. The Balaban J connectivity index is 2.09. The number of alkyl halides is 1. The summed E-state index contributed by atoms with van der Waals surface area (Å²) in [5.74, 6) is 1.87. The summed E-state index contributed by atoms with van der Waals surface area (Å²) in [7, 11) is 0. The second kappa shape index (κ2) is 2.98. The average molecular weight is 232 g/mol. The molecule has 1 nitrogen and oxygen atoms in total. The van der Waals surface area contributed by atoms with Crippen LogP contribution in [-0.4, -0.2) is 28.9 Å². The lowest BCUT2D eigenvalue weighted by atomic mass is 9.73. The third-order valence-electron chi connectivity index (χ3n) is 3.54. The Kier molecular flexibility index (Phi) is 2.24. The molecule has 3 fully saturated rings. The maximum absolute atomic E-state index is 3.82. The third kappa shape index (κ3) is 1.56. The number of halogens is 1. The molecule has 0 amide bonds. The first-order chi connectivity index (χ1) is 5.57. The molecule has 1 unspecified atom stereocenters. The standard InChI is InChI=1S/C10H18BrN/c1-10(2,11)9-7-12-5-3-8(9)4-6-12/h8-9H,3-7H2,1-2H3. The number of hydrogen-bond donors (Lipinski definition) is 0. The number of fused-ring (bicyclic) bond motifs is 3. The van der Waals surface area contributed by atoms with Gasteiger partial charge in [-0.05, 0) is 51.6 Å². The molecule has 3 saturated heterocycles. The van der Waals surface area contributed by atoms with Gasteiger partial charge in [0.25, 0.3) is 0 Å². The molecular weight excluding hydrogens is 214 g/mol. The normalized spacial score (nSPS) is 41.8. The zero-order valence-corrected chi connectivity index (χ0v) is 9.60. The highest BCUT2D eigenvalue weighted by Crippen LogP contribution is 2.42. The summed E-state index contributed by atoms with van der Waals surface area (Å²) in [6.45, 7) is 8.66. The first-order valence-electron chi connectivity index (χ1n) is 4.98. The van der Waals surface area contributed by atoms with Gasteiger partial charge in [0.2, 0.25) is 0 Å². The van der Waals surface area contributed by atoms with Gasteiger partial charge in [-0.15, -0.1) is 0 Å². The Hall–Kier alpha value is 0.440. The van der Waals surface area contributed by atoms with E-state index in [9.17, 15) is 0 Å². The topological polar surface area (TPSA) is 3.24 Å². The van der Waals surface area contributed by atoms with E-state index in [-0.39, 0.29) is 0 Å². The van der Waals surface area contributed by atoms with Crippen molar-refractivity contribution in [2.75, 3.05) is 19.6 Å². The Labute approximate surface area is 83.6 Å². The van der Waals surface area contributed by atoms with Crippen molar-refractivity contribution in [3.63, 3.8) is 0 Å². The first-order valence-corrected chi connectivity index (χ1v) is 5.78. The predicted octanol–water partition coefficient (Wildman–Crippen LogP) is 2.50. The third-order valence-corrected chi connectivity index (χ3v) is 4.13. The highest BCUT2D eigenvalue weighted by atomic mass is 79.9. The summed E-state index contributed by atoms with van der Waals surface area (Å²) in [5, 5.41) is 0. The Bertz CT molecular complexity index is 165. The van der Waals surface area contributed by atoms with Crippen molar-refractivity contribution in [2.45, 2.75) is 31.0 Å². The largest absolute Gasteiger partial charge is 0.303 e. The van der Waals surface area contributed by atoms with Crippen LogP contribution >= 0.6 is 15.9 Å². The summed E-state index contributed by atoms with van der Waals surface area (Å²) in [4.78, 5) is 2.62. The number of piperidine rings is 3. The number of rotatable bonds is 1. The number of nitrogens with zero attached hydrogens (tertiary/aromatic N) is 1. The fraction of sp³-hybridized carbons (Fsp3) is 1.00. The fourth-order valence-corrected chi connectivity index (χ4v) is 3.26. The van der Waals surface area contributed by atoms with Crippen LogP contribution in [0.3, 0.4) is 0 Å². The van der Waals surface area contributed by atoms with E-state index in [2.05, 4.69) is 34.7 Å². The molecule has 3 aliphatic rings. The van der Waals surface area contributed by atoms with E-state index < -0.39 is 0 Å². The van der Waals surface area contributed by atoms with Crippen molar-refractivity contribution < 1.29 is 0 Å². The quantitative estimate of drug-likeness (QED) is 0.628. The van der Waals surface area contributed by atoms with Crippen molar-refractivity contribution in [1.29, 1.82) is 0 Å². The van der Waals surface area contributed by atoms with Crippen LogP contribution in [0.2, 0.25) is 0 Å². The second-order valence-electron chi connectivity index (χ2n) is 4.81. The molecule has 12 heavy (non-hydrogen) atoms.